The fourth-order valence-corrected chi connectivity index (χ4v) is 3.72. The van der Waals surface area contributed by atoms with Gasteiger partial charge in [0, 0.05) is 36.7 Å². The lowest BCUT2D eigenvalue weighted by atomic mass is 10.1. The van der Waals surface area contributed by atoms with Gasteiger partial charge in [0.15, 0.2) is 9.84 Å². The molecule has 0 spiro atoms. The molecule has 1 atom stereocenters. The highest BCUT2D eigenvalue weighted by molar-refractivity contribution is 7.92. The molecule has 0 bridgehead atoms. The van der Waals surface area contributed by atoms with Crippen LogP contribution in [0.15, 0.2) is 24.3 Å². The van der Waals surface area contributed by atoms with Crippen molar-refractivity contribution in [2.75, 3.05) is 18.8 Å². The average molecular weight is 360 g/mol. The highest BCUT2D eigenvalue weighted by Crippen LogP contribution is 2.22. The van der Waals surface area contributed by atoms with Gasteiger partial charge >= 0.3 is 0 Å². The number of carbonyl (C=O) groups is 1. The molecule has 1 aliphatic heterocycles. The minimum atomic E-state index is -3.35. The lowest BCUT2D eigenvalue weighted by Gasteiger charge is -2.33. The Morgan fingerprint density at radius 2 is 2.04 bits per heavy atom. The van der Waals surface area contributed by atoms with Crippen LogP contribution in [0.5, 0.6) is 5.75 Å². The molecule has 0 radical (unpaired) electrons. The van der Waals surface area contributed by atoms with Crippen molar-refractivity contribution in [3.8, 4) is 5.75 Å². The van der Waals surface area contributed by atoms with Crippen molar-refractivity contribution >= 4 is 27.3 Å². The summed E-state index contributed by atoms with van der Waals surface area (Å²) in [7, 11) is -3.35. The van der Waals surface area contributed by atoms with Crippen molar-refractivity contribution < 1.29 is 17.9 Å². The molecular weight excluding hydrogens is 338 g/mol. The molecule has 128 valence electrons. The molecule has 0 saturated carbocycles. The van der Waals surface area contributed by atoms with Gasteiger partial charge in [0.1, 0.15) is 17.1 Å². The van der Waals surface area contributed by atoms with Gasteiger partial charge in [0.25, 0.3) is 0 Å². The lowest BCUT2D eigenvalue weighted by molar-refractivity contribution is -0.132. The van der Waals surface area contributed by atoms with Crippen LogP contribution in [0.25, 0.3) is 0 Å². The molecule has 1 unspecified atom stereocenters. The topological polar surface area (TPSA) is 63.7 Å². The molecular formula is C16H22ClNO4S. The quantitative estimate of drug-likeness (QED) is 0.810. The smallest absolute Gasteiger partial charge is 0.240 e. The van der Waals surface area contributed by atoms with Crippen LogP contribution in [0.1, 0.15) is 26.7 Å². The number of ether oxygens (including phenoxy) is 1. The molecule has 7 heteroatoms. The number of benzene rings is 1. The van der Waals surface area contributed by atoms with E-state index in [9.17, 15) is 13.2 Å². The Hall–Kier alpha value is -1.27. The van der Waals surface area contributed by atoms with Gasteiger partial charge in [-0.25, -0.2) is 8.42 Å². The molecule has 1 aromatic carbocycles. The maximum Gasteiger partial charge on any atom is 0.240 e. The number of carbonyl (C=O) groups excluding carboxylic acids is 1. The highest BCUT2D eigenvalue weighted by Gasteiger charge is 2.32. The first-order valence-electron chi connectivity index (χ1n) is 7.76. The summed E-state index contributed by atoms with van der Waals surface area (Å²) >= 11 is 5.93. The zero-order valence-corrected chi connectivity index (χ0v) is 14.9. The van der Waals surface area contributed by atoms with Gasteiger partial charge in [-0.15, -0.1) is 0 Å². The third kappa shape index (κ3) is 4.61. The van der Waals surface area contributed by atoms with E-state index < -0.39 is 15.1 Å². The summed E-state index contributed by atoms with van der Waals surface area (Å²) in [6, 6.07) is 7.22. The van der Waals surface area contributed by atoms with Crippen molar-refractivity contribution in [2.45, 2.75) is 38.0 Å². The van der Waals surface area contributed by atoms with Gasteiger partial charge in [0.2, 0.25) is 5.91 Å². The van der Waals surface area contributed by atoms with E-state index >= 15 is 0 Å². The van der Waals surface area contributed by atoms with E-state index in [1.54, 1.807) is 24.0 Å². The number of piperidine rings is 1. The van der Waals surface area contributed by atoms with Crippen LogP contribution in [0.2, 0.25) is 5.02 Å². The number of nitrogens with zero attached hydrogens (tertiary/aromatic N) is 1. The summed E-state index contributed by atoms with van der Waals surface area (Å²) in [4.78, 5) is 13.9. The van der Waals surface area contributed by atoms with Crippen molar-refractivity contribution in [3.05, 3.63) is 29.3 Å². The van der Waals surface area contributed by atoms with Crippen molar-refractivity contribution in [1.82, 2.24) is 4.90 Å². The Morgan fingerprint density at radius 1 is 1.39 bits per heavy atom. The predicted molar refractivity (Wildman–Crippen MR) is 90.6 cm³/mol. The summed E-state index contributed by atoms with van der Waals surface area (Å²) in [5.74, 6) is 0.381. The van der Waals surface area contributed by atoms with Gasteiger partial charge in [-0.3, -0.25) is 4.79 Å². The second-order valence-corrected chi connectivity index (χ2v) is 8.74. The molecule has 1 saturated heterocycles. The summed E-state index contributed by atoms with van der Waals surface area (Å²) in [5, 5.41) is -0.355. The van der Waals surface area contributed by atoms with Gasteiger partial charge in [-0.1, -0.05) is 24.6 Å². The molecule has 1 heterocycles. The first-order valence-corrected chi connectivity index (χ1v) is 9.85. The molecule has 2 rings (SSSR count). The van der Waals surface area contributed by atoms with Crippen LogP contribution in [-0.4, -0.2) is 49.4 Å². The maximum absolute atomic E-state index is 12.3. The number of rotatable bonds is 5. The minimum absolute atomic E-state index is 0.00982. The van der Waals surface area contributed by atoms with Gasteiger partial charge in [-0.05, 0) is 25.1 Å². The standard InChI is InChI=1S/C16H22ClNO4S/c1-3-23(20,21)12(2)16(19)18-9-7-14(8-10-18)22-15-6-4-5-13(17)11-15/h4-6,11-12,14H,3,7-10H2,1-2H3. The number of hydrogen-bond donors (Lipinski definition) is 0. The molecule has 1 amide bonds. The Kier molecular flexibility index (Phi) is 5.92. The molecule has 1 aliphatic rings. The normalized spacial score (nSPS) is 17.8. The second kappa shape index (κ2) is 7.53. The van der Waals surface area contributed by atoms with Crippen LogP contribution in [-0.2, 0) is 14.6 Å². The average Bonchev–Trinajstić information content (AvgIpc) is 2.54. The van der Waals surface area contributed by atoms with Crippen LogP contribution >= 0.6 is 11.6 Å². The summed E-state index contributed by atoms with van der Waals surface area (Å²) in [5.41, 5.74) is 0. The zero-order valence-electron chi connectivity index (χ0n) is 13.4. The lowest BCUT2D eigenvalue weighted by Crippen LogP contribution is -2.47. The SMILES string of the molecule is CCS(=O)(=O)C(C)C(=O)N1CCC(Oc2cccc(Cl)c2)CC1. The number of sulfone groups is 1. The van der Waals surface area contributed by atoms with Crippen molar-refractivity contribution in [3.63, 3.8) is 0 Å². The number of halogens is 1. The summed E-state index contributed by atoms with van der Waals surface area (Å²) in [6.45, 7) is 4.04. The molecule has 0 aromatic heterocycles. The first kappa shape index (κ1) is 18.1. The van der Waals surface area contributed by atoms with Crippen molar-refractivity contribution in [2.24, 2.45) is 0 Å². The van der Waals surface area contributed by atoms with E-state index in [4.69, 9.17) is 16.3 Å². The fraction of sp³-hybridized carbons (Fsp3) is 0.562. The molecule has 5 nitrogen and oxygen atoms in total. The van der Waals surface area contributed by atoms with Crippen LogP contribution < -0.4 is 4.74 Å². The van der Waals surface area contributed by atoms with E-state index in [2.05, 4.69) is 0 Å². The highest BCUT2D eigenvalue weighted by atomic mass is 35.5. The Labute approximate surface area is 142 Å². The largest absolute Gasteiger partial charge is 0.490 e. The summed E-state index contributed by atoms with van der Waals surface area (Å²) in [6.07, 6.45) is 1.37. The van der Waals surface area contributed by atoms with Crippen LogP contribution in [0.3, 0.4) is 0 Å². The zero-order chi connectivity index (χ0) is 17.0. The monoisotopic (exact) mass is 359 g/mol. The first-order chi connectivity index (χ1) is 10.8. The molecule has 0 aliphatic carbocycles. The third-order valence-corrected chi connectivity index (χ3v) is 6.46. The predicted octanol–water partition coefficient (Wildman–Crippen LogP) is 2.53. The Morgan fingerprint density at radius 3 is 2.61 bits per heavy atom. The Bertz CT molecular complexity index is 654. The van der Waals surface area contributed by atoms with E-state index in [1.165, 1.54) is 6.92 Å². The number of hydrogen-bond acceptors (Lipinski definition) is 4. The minimum Gasteiger partial charge on any atom is -0.490 e. The maximum atomic E-state index is 12.3. The van der Waals surface area contributed by atoms with E-state index in [0.717, 1.165) is 0 Å². The van der Waals surface area contributed by atoms with Gasteiger partial charge in [-0.2, -0.15) is 0 Å². The summed E-state index contributed by atoms with van der Waals surface area (Å²) < 4.78 is 29.5. The molecule has 1 aromatic rings. The van der Waals surface area contributed by atoms with E-state index in [-0.39, 0.29) is 17.8 Å². The fourth-order valence-electron chi connectivity index (χ4n) is 2.59. The van der Waals surface area contributed by atoms with Gasteiger partial charge in [0.05, 0.1) is 0 Å². The Balaban J connectivity index is 1.90. The van der Waals surface area contributed by atoms with Gasteiger partial charge < -0.3 is 9.64 Å². The van der Waals surface area contributed by atoms with E-state index in [1.807, 2.05) is 12.1 Å². The van der Waals surface area contributed by atoms with E-state index in [0.29, 0.717) is 36.7 Å². The van der Waals surface area contributed by atoms with Crippen LogP contribution in [0, 0.1) is 0 Å². The molecule has 1 fully saturated rings. The number of amides is 1. The van der Waals surface area contributed by atoms with Crippen LogP contribution in [0.4, 0.5) is 0 Å². The second-order valence-electron chi connectivity index (χ2n) is 5.69. The van der Waals surface area contributed by atoms with Crippen molar-refractivity contribution in [1.29, 1.82) is 0 Å². The molecule has 23 heavy (non-hydrogen) atoms. The third-order valence-electron chi connectivity index (χ3n) is 4.14. The number of likely N-dealkylation sites (tertiary alicyclic amines) is 1. The molecule has 0 N–H and O–H groups in total.